The zero-order valence-corrected chi connectivity index (χ0v) is 8.72. The Morgan fingerprint density at radius 1 is 1.38 bits per heavy atom. The third kappa shape index (κ3) is 7.57. The Hall–Kier alpha value is -0.790. The van der Waals surface area contributed by atoms with Crippen molar-refractivity contribution in [3.05, 3.63) is 48.6 Å². The van der Waals surface area contributed by atoms with Gasteiger partial charge >= 0.3 is 0 Å². The predicted octanol–water partition coefficient (Wildman–Crippen LogP) is 2.82. The van der Waals surface area contributed by atoms with Crippen LogP contribution < -0.4 is 5.32 Å². The minimum atomic E-state index is 0.556. The molecule has 0 aliphatic heterocycles. The molecule has 1 nitrogen and oxygen atoms in total. The maximum atomic E-state index is 5.07. The maximum absolute atomic E-state index is 5.07. The summed E-state index contributed by atoms with van der Waals surface area (Å²) in [7, 11) is 1.95. The summed E-state index contributed by atoms with van der Waals surface area (Å²) in [6, 6.07) is 10.3. The molecular formula is C11H16ClN. The maximum Gasteiger partial charge on any atom is 0.0401 e. The fourth-order valence-electron chi connectivity index (χ4n) is 0.800. The first-order valence-electron chi connectivity index (χ1n) is 4.20. The van der Waals surface area contributed by atoms with Crippen molar-refractivity contribution in [1.82, 2.24) is 5.32 Å². The third-order valence-electron chi connectivity index (χ3n) is 1.33. The van der Waals surface area contributed by atoms with Gasteiger partial charge in [0.1, 0.15) is 0 Å². The number of halogens is 1. The number of benzene rings is 1. The van der Waals surface area contributed by atoms with E-state index in [0.717, 1.165) is 6.54 Å². The average molecular weight is 198 g/mol. The van der Waals surface area contributed by atoms with Crippen LogP contribution in [0.4, 0.5) is 0 Å². The molecule has 1 rings (SSSR count). The largest absolute Gasteiger partial charge is 0.316 e. The van der Waals surface area contributed by atoms with Crippen molar-refractivity contribution in [2.24, 2.45) is 0 Å². The van der Waals surface area contributed by atoms with Crippen molar-refractivity contribution in [2.75, 3.05) is 12.9 Å². The molecule has 0 saturated carbocycles. The van der Waals surface area contributed by atoms with Crippen LogP contribution in [0.5, 0.6) is 0 Å². The van der Waals surface area contributed by atoms with E-state index < -0.39 is 0 Å². The summed E-state index contributed by atoms with van der Waals surface area (Å²) in [4.78, 5) is 0. The lowest BCUT2D eigenvalue weighted by atomic mass is 10.2. The first-order valence-corrected chi connectivity index (χ1v) is 4.74. The number of allylic oxidation sites excluding steroid dienone is 1. The van der Waals surface area contributed by atoms with E-state index in [1.165, 1.54) is 5.56 Å². The molecule has 0 saturated heterocycles. The molecule has 0 spiro atoms. The second-order valence-corrected chi connectivity index (χ2v) is 2.77. The summed E-state index contributed by atoms with van der Waals surface area (Å²) < 4.78 is 0. The molecule has 0 heterocycles. The van der Waals surface area contributed by atoms with Crippen LogP contribution in [0.15, 0.2) is 43.0 Å². The van der Waals surface area contributed by atoms with E-state index in [1.54, 1.807) is 6.08 Å². The van der Waals surface area contributed by atoms with Gasteiger partial charge in [-0.25, -0.2) is 0 Å². The molecule has 0 unspecified atom stereocenters. The highest BCUT2D eigenvalue weighted by atomic mass is 35.5. The summed E-state index contributed by atoms with van der Waals surface area (Å²) in [6.45, 7) is 4.31. The van der Waals surface area contributed by atoms with Crippen molar-refractivity contribution in [3.8, 4) is 0 Å². The van der Waals surface area contributed by atoms with Crippen LogP contribution in [0, 0.1) is 0 Å². The van der Waals surface area contributed by atoms with Gasteiger partial charge in [-0.3, -0.25) is 0 Å². The summed E-state index contributed by atoms with van der Waals surface area (Å²) in [5.41, 5.74) is 1.33. The average Bonchev–Trinajstić information content (AvgIpc) is 2.20. The normalized spacial score (nSPS) is 8.46. The quantitative estimate of drug-likeness (QED) is 0.581. The zero-order chi connectivity index (χ0) is 9.94. The lowest BCUT2D eigenvalue weighted by Gasteiger charge is -1.95. The van der Waals surface area contributed by atoms with Crippen LogP contribution >= 0.6 is 11.6 Å². The van der Waals surface area contributed by atoms with E-state index in [9.17, 15) is 0 Å². The van der Waals surface area contributed by atoms with E-state index in [4.69, 9.17) is 11.6 Å². The van der Waals surface area contributed by atoms with Gasteiger partial charge in [0.2, 0.25) is 0 Å². The topological polar surface area (TPSA) is 12.0 Å². The first-order chi connectivity index (χ1) is 6.35. The molecule has 0 fully saturated rings. The van der Waals surface area contributed by atoms with Crippen LogP contribution in [0.2, 0.25) is 0 Å². The Morgan fingerprint density at radius 3 is 2.31 bits per heavy atom. The highest BCUT2D eigenvalue weighted by Gasteiger charge is 1.83. The van der Waals surface area contributed by atoms with E-state index in [1.807, 2.05) is 25.2 Å². The lowest BCUT2D eigenvalue weighted by Crippen LogP contribution is -2.04. The molecule has 1 N–H and O–H groups in total. The molecule has 13 heavy (non-hydrogen) atoms. The van der Waals surface area contributed by atoms with Crippen LogP contribution in [0.1, 0.15) is 5.56 Å². The van der Waals surface area contributed by atoms with Crippen molar-refractivity contribution < 1.29 is 0 Å². The Kier molecular flexibility index (Phi) is 8.73. The number of hydrogen-bond acceptors (Lipinski definition) is 1. The fourth-order valence-corrected chi connectivity index (χ4v) is 0.800. The molecule has 1 aromatic carbocycles. The van der Waals surface area contributed by atoms with Gasteiger partial charge < -0.3 is 5.32 Å². The molecule has 0 aromatic heterocycles. The van der Waals surface area contributed by atoms with Gasteiger partial charge in [0.15, 0.2) is 0 Å². The predicted molar refractivity (Wildman–Crippen MR) is 60.1 cm³/mol. The van der Waals surface area contributed by atoms with Crippen molar-refractivity contribution in [3.63, 3.8) is 0 Å². The second kappa shape index (κ2) is 9.30. The van der Waals surface area contributed by atoms with Crippen LogP contribution in [0.3, 0.4) is 0 Å². The number of hydrogen-bond donors (Lipinski definition) is 1. The number of nitrogens with one attached hydrogen (secondary N) is 1. The summed E-state index contributed by atoms with van der Waals surface area (Å²) in [5, 5.41) is 3.08. The van der Waals surface area contributed by atoms with Gasteiger partial charge in [-0.2, -0.15) is 0 Å². The zero-order valence-electron chi connectivity index (χ0n) is 7.96. The van der Waals surface area contributed by atoms with Crippen molar-refractivity contribution in [1.29, 1.82) is 0 Å². The SMILES string of the molecule is C=CCCl.CNCc1ccccc1. The first kappa shape index (κ1) is 12.2. The second-order valence-electron chi connectivity index (χ2n) is 2.46. The van der Waals surface area contributed by atoms with E-state index in [0.29, 0.717) is 5.88 Å². The highest BCUT2D eigenvalue weighted by molar-refractivity contribution is 6.18. The van der Waals surface area contributed by atoms with Gasteiger partial charge in [-0.15, -0.1) is 18.2 Å². The Morgan fingerprint density at radius 2 is 1.92 bits per heavy atom. The van der Waals surface area contributed by atoms with E-state index in [-0.39, 0.29) is 0 Å². The molecule has 0 atom stereocenters. The summed E-state index contributed by atoms with van der Waals surface area (Å²) >= 11 is 5.07. The minimum Gasteiger partial charge on any atom is -0.316 e. The summed E-state index contributed by atoms with van der Waals surface area (Å²) in [5.74, 6) is 0.556. The Bertz CT molecular complexity index is 209. The molecule has 2 heteroatoms. The van der Waals surface area contributed by atoms with Gasteiger partial charge in [0.05, 0.1) is 0 Å². The molecule has 0 radical (unpaired) electrons. The minimum absolute atomic E-state index is 0.556. The van der Waals surface area contributed by atoms with Crippen LogP contribution in [0.25, 0.3) is 0 Å². The molecule has 72 valence electrons. The fraction of sp³-hybridized carbons (Fsp3) is 0.273. The molecule has 0 aliphatic rings. The van der Waals surface area contributed by atoms with Gasteiger partial charge in [-0.05, 0) is 12.6 Å². The Balaban J connectivity index is 0.000000310. The van der Waals surface area contributed by atoms with Crippen LogP contribution in [-0.2, 0) is 6.54 Å². The van der Waals surface area contributed by atoms with Crippen LogP contribution in [-0.4, -0.2) is 12.9 Å². The van der Waals surface area contributed by atoms with Crippen molar-refractivity contribution in [2.45, 2.75) is 6.54 Å². The number of rotatable bonds is 3. The molecule has 1 aromatic rings. The molecule has 0 amide bonds. The Labute approximate surface area is 85.4 Å². The monoisotopic (exact) mass is 197 g/mol. The van der Waals surface area contributed by atoms with Gasteiger partial charge in [0, 0.05) is 12.4 Å². The lowest BCUT2D eigenvalue weighted by molar-refractivity contribution is 0.818. The van der Waals surface area contributed by atoms with E-state index >= 15 is 0 Å². The summed E-state index contributed by atoms with van der Waals surface area (Å²) in [6.07, 6.45) is 1.64. The smallest absolute Gasteiger partial charge is 0.0401 e. The van der Waals surface area contributed by atoms with E-state index in [2.05, 4.69) is 24.0 Å². The highest BCUT2D eigenvalue weighted by Crippen LogP contribution is 1.95. The van der Waals surface area contributed by atoms with Crippen molar-refractivity contribution >= 4 is 11.6 Å². The number of alkyl halides is 1. The molecule has 0 bridgehead atoms. The van der Waals surface area contributed by atoms with Gasteiger partial charge in [0.25, 0.3) is 0 Å². The standard InChI is InChI=1S/C8H11N.C3H5Cl/c1-9-7-8-5-3-2-4-6-8;1-2-3-4/h2-6,9H,7H2,1H3;2H,1,3H2. The molecular weight excluding hydrogens is 182 g/mol. The van der Waals surface area contributed by atoms with Gasteiger partial charge in [-0.1, -0.05) is 36.4 Å². The molecule has 0 aliphatic carbocycles. The third-order valence-corrected chi connectivity index (χ3v) is 1.55.